The fraction of sp³-hybridized carbons (Fsp3) is 0.727. The highest BCUT2D eigenvalue weighted by atomic mass is 35.5. The predicted molar refractivity (Wildman–Crippen MR) is 65.8 cm³/mol. The molecule has 6 heteroatoms. The van der Waals surface area contributed by atoms with Gasteiger partial charge in [0.15, 0.2) is 0 Å². The molecule has 0 aromatic carbocycles. The molecule has 1 heterocycles. The number of nitrogens with two attached hydrogens (primary N) is 1. The van der Waals surface area contributed by atoms with Crippen LogP contribution in [0.25, 0.3) is 0 Å². The summed E-state index contributed by atoms with van der Waals surface area (Å²) in [5, 5.41) is 0.0735. The molecule has 1 aromatic rings. The maximum atomic E-state index is 5.73. The van der Waals surface area contributed by atoms with Crippen molar-refractivity contribution >= 4 is 17.5 Å². The van der Waals surface area contributed by atoms with Crippen molar-refractivity contribution in [1.82, 2.24) is 15.0 Å². The average Bonchev–Trinajstić information content (AvgIpc) is 2.13. The summed E-state index contributed by atoms with van der Waals surface area (Å²) in [5.41, 5.74) is 5.49. The second-order valence-electron chi connectivity index (χ2n) is 4.90. The van der Waals surface area contributed by atoms with E-state index in [1.807, 2.05) is 0 Å². The van der Waals surface area contributed by atoms with Crippen molar-refractivity contribution < 1.29 is 4.74 Å². The second kappa shape index (κ2) is 5.04. The molecule has 0 aliphatic heterocycles. The molecular formula is C11H17ClN4O. The number of nitrogens with zero attached hydrogens (tertiary/aromatic N) is 3. The Morgan fingerprint density at radius 3 is 2.35 bits per heavy atom. The number of rotatable bonds is 2. The van der Waals surface area contributed by atoms with E-state index < -0.39 is 0 Å². The molecule has 2 rings (SSSR count). The highest BCUT2D eigenvalue weighted by molar-refractivity contribution is 6.28. The molecule has 2 N–H and O–H groups in total. The molecule has 5 nitrogen and oxygen atoms in total. The Hall–Kier alpha value is -1.10. The van der Waals surface area contributed by atoms with E-state index in [2.05, 4.69) is 28.8 Å². The van der Waals surface area contributed by atoms with Crippen LogP contribution < -0.4 is 10.5 Å². The van der Waals surface area contributed by atoms with Crippen molar-refractivity contribution in [3.63, 3.8) is 0 Å². The summed E-state index contributed by atoms with van der Waals surface area (Å²) < 4.78 is 5.73. The van der Waals surface area contributed by atoms with E-state index in [1.165, 1.54) is 6.42 Å². The molecule has 1 fully saturated rings. The molecule has 0 amide bonds. The molecule has 0 radical (unpaired) electrons. The summed E-state index contributed by atoms with van der Waals surface area (Å²) in [6, 6.07) is 0.230. The molecule has 17 heavy (non-hydrogen) atoms. The van der Waals surface area contributed by atoms with Crippen LogP contribution >= 0.6 is 11.6 Å². The predicted octanol–water partition coefficient (Wildman–Crippen LogP) is 2.31. The van der Waals surface area contributed by atoms with Crippen LogP contribution in [0.3, 0.4) is 0 Å². The van der Waals surface area contributed by atoms with Crippen molar-refractivity contribution in [2.24, 2.45) is 11.8 Å². The van der Waals surface area contributed by atoms with Gasteiger partial charge in [-0.1, -0.05) is 13.8 Å². The van der Waals surface area contributed by atoms with E-state index in [0.717, 1.165) is 12.8 Å². The van der Waals surface area contributed by atoms with Gasteiger partial charge in [0.05, 0.1) is 0 Å². The third-order valence-corrected chi connectivity index (χ3v) is 3.18. The highest BCUT2D eigenvalue weighted by Gasteiger charge is 2.26. The van der Waals surface area contributed by atoms with Gasteiger partial charge in [0.25, 0.3) is 0 Å². The molecule has 0 spiro atoms. The topological polar surface area (TPSA) is 73.9 Å². The summed E-state index contributed by atoms with van der Waals surface area (Å²) in [5.74, 6) is 1.42. The SMILES string of the molecule is CC1CC(C)CC(Oc2nc(N)nc(Cl)n2)C1. The Labute approximate surface area is 106 Å². The van der Waals surface area contributed by atoms with Crippen LogP contribution in [0.2, 0.25) is 5.28 Å². The van der Waals surface area contributed by atoms with E-state index in [9.17, 15) is 0 Å². The van der Waals surface area contributed by atoms with E-state index in [1.54, 1.807) is 0 Å². The summed E-state index contributed by atoms with van der Waals surface area (Å²) >= 11 is 5.70. The highest BCUT2D eigenvalue weighted by Crippen LogP contribution is 2.30. The maximum absolute atomic E-state index is 5.73. The Morgan fingerprint density at radius 1 is 1.12 bits per heavy atom. The van der Waals surface area contributed by atoms with Crippen LogP contribution in [0.1, 0.15) is 33.1 Å². The summed E-state index contributed by atoms with van der Waals surface area (Å²) in [4.78, 5) is 11.5. The zero-order chi connectivity index (χ0) is 12.4. The number of hydrogen-bond donors (Lipinski definition) is 1. The number of nitrogen functional groups attached to an aromatic ring is 1. The van der Waals surface area contributed by atoms with E-state index in [-0.39, 0.29) is 23.3 Å². The van der Waals surface area contributed by atoms with Gasteiger partial charge in [-0.15, -0.1) is 0 Å². The molecule has 94 valence electrons. The Balaban J connectivity index is 2.04. The van der Waals surface area contributed by atoms with Gasteiger partial charge < -0.3 is 10.5 Å². The van der Waals surface area contributed by atoms with Gasteiger partial charge in [-0.2, -0.15) is 15.0 Å². The molecule has 2 unspecified atom stereocenters. The lowest BCUT2D eigenvalue weighted by Crippen LogP contribution is -2.29. The summed E-state index contributed by atoms with van der Waals surface area (Å²) in [6.07, 6.45) is 3.44. The lowest BCUT2D eigenvalue weighted by atomic mass is 9.82. The standard InChI is InChI=1S/C11H17ClN4O/c1-6-3-7(2)5-8(4-6)17-11-15-9(12)14-10(13)16-11/h6-8H,3-5H2,1-2H3,(H2,13,14,15,16). The molecule has 1 aliphatic rings. The van der Waals surface area contributed by atoms with Gasteiger partial charge in [-0.25, -0.2) is 0 Å². The van der Waals surface area contributed by atoms with Crippen molar-refractivity contribution in [3.8, 4) is 6.01 Å². The zero-order valence-corrected chi connectivity index (χ0v) is 10.8. The summed E-state index contributed by atoms with van der Waals surface area (Å²) in [7, 11) is 0. The van der Waals surface area contributed by atoms with Gasteiger partial charge >= 0.3 is 6.01 Å². The van der Waals surface area contributed by atoms with Crippen LogP contribution in [0.4, 0.5) is 5.95 Å². The van der Waals surface area contributed by atoms with Crippen molar-refractivity contribution in [3.05, 3.63) is 5.28 Å². The van der Waals surface area contributed by atoms with Crippen LogP contribution in [-0.2, 0) is 0 Å². The number of aromatic nitrogens is 3. The van der Waals surface area contributed by atoms with Gasteiger partial charge in [0, 0.05) is 0 Å². The minimum absolute atomic E-state index is 0.0735. The molecule has 0 bridgehead atoms. The largest absolute Gasteiger partial charge is 0.460 e. The zero-order valence-electron chi connectivity index (χ0n) is 10.1. The molecule has 2 atom stereocenters. The third kappa shape index (κ3) is 3.43. The molecule has 1 saturated carbocycles. The van der Waals surface area contributed by atoms with E-state index in [0.29, 0.717) is 11.8 Å². The van der Waals surface area contributed by atoms with Crippen LogP contribution in [-0.4, -0.2) is 21.1 Å². The van der Waals surface area contributed by atoms with Crippen LogP contribution in [0.5, 0.6) is 6.01 Å². The fourth-order valence-corrected chi connectivity index (χ4v) is 2.68. The molecule has 1 aromatic heterocycles. The molecule has 0 saturated heterocycles. The third-order valence-electron chi connectivity index (χ3n) is 3.01. The van der Waals surface area contributed by atoms with Gasteiger partial charge in [0.1, 0.15) is 6.10 Å². The first kappa shape index (κ1) is 12.4. The van der Waals surface area contributed by atoms with Crippen LogP contribution in [0, 0.1) is 11.8 Å². The fourth-order valence-electron chi connectivity index (χ4n) is 2.52. The van der Waals surface area contributed by atoms with Gasteiger partial charge in [-0.05, 0) is 42.7 Å². The minimum Gasteiger partial charge on any atom is -0.460 e. The maximum Gasteiger partial charge on any atom is 0.322 e. The first-order valence-corrected chi connectivity index (χ1v) is 6.24. The smallest absolute Gasteiger partial charge is 0.322 e. The van der Waals surface area contributed by atoms with Gasteiger partial charge in [0.2, 0.25) is 11.2 Å². The van der Waals surface area contributed by atoms with Crippen molar-refractivity contribution in [1.29, 1.82) is 0 Å². The number of hydrogen-bond acceptors (Lipinski definition) is 5. The lowest BCUT2D eigenvalue weighted by molar-refractivity contribution is 0.0919. The number of ether oxygens (including phenoxy) is 1. The Bertz CT molecular complexity index is 371. The quantitative estimate of drug-likeness (QED) is 0.879. The first-order valence-electron chi connectivity index (χ1n) is 5.86. The average molecular weight is 257 g/mol. The van der Waals surface area contributed by atoms with Gasteiger partial charge in [-0.3, -0.25) is 0 Å². The second-order valence-corrected chi connectivity index (χ2v) is 5.24. The molecular weight excluding hydrogens is 240 g/mol. The van der Waals surface area contributed by atoms with Crippen molar-refractivity contribution in [2.45, 2.75) is 39.2 Å². The molecule has 1 aliphatic carbocycles. The van der Waals surface area contributed by atoms with Crippen molar-refractivity contribution in [2.75, 3.05) is 5.73 Å². The Morgan fingerprint density at radius 2 is 1.76 bits per heavy atom. The first-order chi connectivity index (χ1) is 8.02. The van der Waals surface area contributed by atoms with E-state index >= 15 is 0 Å². The number of halogens is 1. The van der Waals surface area contributed by atoms with E-state index in [4.69, 9.17) is 22.1 Å². The minimum atomic E-state index is 0.0735. The summed E-state index contributed by atoms with van der Waals surface area (Å²) in [6.45, 7) is 4.47. The monoisotopic (exact) mass is 256 g/mol. The number of anilines is 1. The Kier molecular flexibility index (Phi) is 3.66. The lowest BCUT2D eigenvalue weighted by Gasteiger charge is -2.30. The van der Waals surface area contributed by atoms with Crippen LogP contribution in [0.15, 0.2) is 0 Å². The normalized spacial score (nSPS) is 29.0.